The van der Waals surface area contributed by atoms with E-state index in [-0.39, 0.29) is 18.8 Å². The second-order valence-corrected chi connectivity index (χ2v) is 9.12. The molecule has 38 heavy (non-hydrogen) atoms. The van der Waals surface area contributed by atoms with Crippen LogP contribution in [0.5, 0.6) is 0 Å². The molecule has 7 nitrogen and oxygen atoms in total. The predicted molar refractivity (Wildman–Crippen MR) is 147 cm³/mol. The Bertz CT molecular complexity index is 1580. The maximum atomic E-state index is 14.7. The Kier molecular flexibility index (Phi) is 7.83. The molecule has 4 aromatic heterocycles. The smallest absolute Gasteiger partial charge is 0.160 e. The Morgan fingerprint density at radius 3 is 2.53 bits per heavy atom. The molecule has 1 aromatic carbocycles. The van der Waals surface area contributed by atoms with E-state index >= 15 is 0 Å². The van der Waals surface area contributed by atoms with Gasteiger partial charge in [-0.05, 0) is 66.6 Å². The van der Waals surface area contributed by atoms with Crippen LogP contribution in [0.4, 0.5) is 10.2 Å². The second-order valence-electron chi connectivity index (χ2n) is 8.68. The first kappa shape index (κ1) is 25.7. The van der Waals surface area contributed by atoms with E-state index in [9.17, 15) is 14.6 Å². The molecule has 0 spiro atoms. The van der Waals surface area contributed by atoms with E-state index in [2.05, 4.69) is 15.0 Å². The summed E-state index contributed by atoms with van der Waals surface area (Å²) in [5.41, 5.74) is 4.28. The van der Waals surface area contributed by atoms with Gasteiger partial charge in [0, 0.05) is 65.4 Å². The number of halogens is 2. The molecular formula is C29H25ClFN5O2. The molecule has 0 saturated carbocycles. The Morgan fingerprint density at radius 2 is 1.68 bits per heavy atom. The highest BCUT2D eigenvalue weighted by Gasteiger charge is 2.15. The van der Waals surface area contributed by atoms with Crippen LogP contribution in [0.2, 0.25) is 5.02 Å². The number of pyridine rings is 4. The van der Waals surface area contributed by atoms with Gasteiger partial charge < -0.3 is 15.1 Å². The van der Waals surface area contributed by atoms with Crippen molar-refractivity contribution in [3.05, 3.63) is 90.1 Å². The topological polar surface area (TPSA) is 95.3 Å². The van der Waals surface area contributed by atoms with Crippen LogP contribution in [0.15, 0.2) is 79.3 Å². The summed E-state index contributed by atoms with van der Waals surface area (Å²) in [5, 5.41) is 19.9. The van der Waals surface area contributed by atoms with E-state index in [0.29, 0.717) is 47.4 Å². The number of aliphatic hydroxyl groups excluding tert-OH is 2. The maximum Gasteiger partial charge on any atom is 0.160 e. The standard InChI is InChI=1S/C29H25ClFN5O2/c30-21-7-8-25(31)24(15-21)27-16-23(22-4-2-9-33-29(22)35-27)19-14-20(18-32-17-19)26-5-1-6-28(34-26)36(11-13-38)10-3-12-37/h1-2,4-9,14-18,37-38H,3,10-13H2. The van der Waals surface area contributed by atoms with Gasteiger partial charge in [0.25, 0.3) is 0 Å². The van der Waals surface area contributed by atoms with Crippen molar-refractivity contribution in [2.75, 3.05) is 31.2 Å². The van der Waals surface area contributed by atoms with Crippen LogP contribution in [0.3, 0.4) is 0 Å². The monoisotopic (exact) mass is 529 g/mol. The third kappa shape index (κ3) is 5.47. The SMILES string of the molecule is OCCCN(CCO)c1cccc(-c2cncc(-c3cc(-c4cc(Cl)ccc4F)nc4ncccc34)c2)n1. The summed E-state index contributed by atoms with van der Waals surface area (Å²) in [6.45, 7) is 1.02. The van der Waals surface area contributed by atoms with E-state index in [4.69, 9.17) is 16.6 Å². The number of anilines is 1. The third-order valence-corrected chi connectivity index (χ3v) is 6.38. The van der Waals surface area contributed by atoms with E-state index in [0.717, 1.165) is 22.1 Å². The number of hydrogen-bond donors (Lipinski definition) is 2. The number of nitrogens with zero attached hydrogens (tertiary/aromatic N) is 5. The zero-order chi connectivity index (χ0) is 26.5. The minimum atomic E-state index is -0.426. The molecule has 2 N–H and O–H groups in total. The van der Waals surface area contributed by atoms with Crippen molar-refractivity contribution in [2.45, 2.75) is 6.42 Å². The minimum absolute atomic E-state index is 0.0208. The lowest BCUT2D eigenvalue weighted by Crippen LogP contribution is -2.29. The summed E-state index contributed by atoms with van der Waals surface area (Å²) >= 11 is 6.16. The molecule has 0 aliphatic heterocycles. The molecule has 0 amide bonds. The number of aliphatic hydroxyl groups is 2. The highest BCUT2D eigenvalue weighted by atomic mass is 35.5. The molecule has 0 fully saturated rings. The van der Waals surface area contributed by atoms with Crippen molar-refractivity contribution >= 4 is 28.5 Å². The number of benzene rings is 1. The van der Waals surface area contributed by atoms with Crippen LogP contribution in [-0.4, -0.2) is 56.5 Å². The molecule has 0 atom stereocenters. The van der Waals surface area contributed by atoms with Crippen molar-refractivity contribution in [3.8, 4) is 33.6 Å². The Morgan fingerprint density at radius 1 is 0.816 bits per heavy atom. The number of hydrogen-bond acceptors (Lipinski definition) is 7. The van der Waals surface area contributed by atoms with Crippen molar-refractivity contribution in [1.82, 2.24) is 19.9 Å². The van der Waals surface area contributed by atoms with Crippen LogP contribution < -0.4 is 4.90 Å². The first-order valence-electron chi connectivity index (χ1n) is 12.2. The van der Waals surface area contributed by atoms with Crippen LogP contribution in [0.25, 0.3) is 44.7 Å². The zero-order valence-electron chi connectivity index (χ0n) is 20.4. The van der Waals surface area contributed by atoms with Gasteiger partial charge in [0.05, 0.1) is 18.0 Å². The van der Waals surface area contributed by atoms with Gasteiger partial charge in [-0.2, -0.15) is 0 Å². The van der Waals surface area contributed by atoms with Gasteiger partial charge in [0.1, 0.15) is 11.6 Å². The molecule has 0 bridgehead atoms. The largest absolute Gasteiger partial charge is 0.396 e. The number of rotatable bonds is 9. The highest BCUT2D eigenvalue weighted by molar-refractivity contribution is 6.30. The fraction of sp³-hybridized carbons (Fsp3) is 0.172. The lowest BCUT2D eigenvalue weighted by atomic mass is 9.99. The molecule has 0 radical (unpaired) electrons. The number of aromatic nitrogens is 4. The van der Waals surface area contributed by atoms with E-state index in [1.54, 1.807) is 24.7 Å². The molecular weight excluding hydrogens is 505 g/mol. The molecule has 0 unspecified atom stereocenters. The fourth-order valence-electron chi connectivity index (χ4n) is 4.34. The maximum absolute atomic E-state index is 14.7. The summed E-state index contributed by atoms with van der Waals surface area (Å²) in [4.78, 5) is 20.2. The Balaban J connectivity index is 1.60. The zero-order valence-corrected chi connectivity index (χ0v) is 21.2. The lowest BCUT2D eigenvalue weighted by Gasteiger charge is -2.23. The third-order valence-electron chi connectivity index (χ3n) is 6.15. The first-order chi connectivity index (χ1) is 18.6. The number of fused-ring (bicyclic) bond motifs is 1. The van der Waals surface area contributed by atoms with Gasteiger partial charge >= 0.3 is 0 Å². The van der Waals surface area contributed by atoms with E-state index < -0.39 is 5.82 Å². The molecule has 4 heterocycles. The van der Waals surface area contributed by atoms with Crippen LogP contribution >= 0.6 is 11.6 Å². The van der Waals surface area contributed by atoms with Gasteiger partial charge in [0.2, 0.25) is 0 Å². The summed E-state index contributed by atoms with van der Waals surface area (Å²) in [5.74, 6) is 0.275. The fourth-order valence-corrected chi connectivity index (χ4v) is 4.51. The average molecular weight is 530 g/mol. The molecule has 0 saturated heterocycles. The predicted octanol–water partition coefficient (Wildman–Crippen LogP) is 5.39. The summed E-state index contributed by atoms with van der Waals surface area (Å²) in [6, 6.07) is 17.6. The molecule has 0 aliphatic rings. The van der Waals surface area contributed by atoms with Crippen LogP contribution in [0, 0.1) is 5.82 Å². The van der Waals surface area contributed by atoms with Gasteiger partial charge in [-0.1, -0.05) is 17.7 Å². The molecule has 9 heteroatoms. The Hall–Kier alpha value is -3.98. The second kappa shape index (κ2) is 11.6. The summed E-state index contributed by atoms with van der Waals surface area (Å²) < 4.78 is 14.7. The van der Waals surface area contributed by atoms with Crippen LogP contribution in [-0.2, 0) is 0 Å². The quantitative estimate of drug-likeness (QED) is 0.264. The first-order valence-corrected chi connectivity index (χ1v) is 12.6. The van der Waals surface area contributed by atoms with E-state index in [1.807, 2.05) is 47.4 Å². The Labute approximate surface area is 224 Å². The minimum Gasteiger partial charge on any atom is -0.396 e. The van der Waals surface area contributed by atoms with Gasteiger partial charge in [-0.3, -0.25) is 4.98 Å². The average Bonchev–Trinajstić information content (AvgIpc) is 2.96. The molecule has 192 valence electrons. The van der Waals surface area contributed by atoms with Gasteiger partial charge in [-0.25, -0.2) is 19.3 Å². The summed E-state index contributed by atoms with van der Waals surface area (Å²) in [7, 11) is 0. The molecule has 5 rings (SSSR count). The highest BCUT2D eigenvalue weighted by Crippen LogP contribution is 2.34. The van der Waals surface area contributed by atoms with Gasteiger partial charge in [-0.15, -0.1) is 0 Å². The molecule has 5 aromatic rings. The van der Waals surface area contributed by atoms with Crippen molar-refractivity contribution in [3.63, 3.8) is 0 Å². The summed E-state index contributed by atoms with van der Waals surface area (Å²) in [6.07, 6.45) is 5.70. The van der Waals surface area contributed by atoms with Crippen LogP contribution in [0.1, 0.15) is 6.42 Å². The van der Waals surface area contributed by atoms with Crippen molar-refractivity contribution < 1.29 is 14.6 Å². The van der Waals surface area contributed by atoms with Crippen molar-refractivity contribution in [1.29, 1.82) is 0 Å². The van der Waals surface area contributed by atoms with Crippen molar-refractivity contribution in [2.24, 2.45) is 0 Å². The molecule has 0 aliphatic carbocycles. The van der Waals surface area contributed by atoms with E-state index in [1.165, 1.54) is 12.1 Å². The lowest BCUT2D eigenvalue weighted by molar-refractivity contribution is 0.281. The van der Waals surface area contributed by atoms with Gasteiger partial charge in [0.15, 0.2) is 5.65 Å². The normalized spacial score (nSPS) is 11.2.